The molecule has 1 unspecified atom stereocenters. The first-order chi connectivity index (χ1) is 15.1. The fourth-order valence-electron chi connectivity index (χ4n) is 3.49. The molecule has 0 saturated carbocycles. The molecule has 1 N–H and O–H groups in total. The molecule has 0 radical (unpaired) electrons. The Kier molecular flexibility index (Phi) is 8.74. The van der Waals surface area contributed by atoms with Gasteiger partial charge in [-0.15, -0.1) is 0 Å². The summed E-state index contributed by atoms with van der Waals surface area (Å²) in [5.74, 6) is 0.693. The molecule has 0 aromatic heterocycles. The topological polar surface area (TPSA) is 30.5 Å². The average molecular weight is 442 g/mol. The van der Waals surface area contributed by atoms with Crippen LogP contribution in [0.15, 0.2) is 66.7 Å². The van der Waals surface area contributed by atoms with Gasteiger partial charge in [0.15, 0.2) is 11.5 Å². The minimum atomic E-state index is -0.305. The third-order valence-corrected chi connectivity index (χ3v) is 5.31. The monoisotopic (exact) mass is 441 g/mol. The highest BCUT2D eigenvalue weighted by atomic mass is 35.5. The van der Waals surface area contributed by atoms with Crippen LogP contribution in [0.1, 0.15) is 49.4 Å². The molecule has 0 aliphatic rings. The molecule has 0 bridgehead atoms. The Labute approximate surface area is 189 Å². The predicted molar refractivity (Wildman–Crippen MR) is 124 cm³/mol. The molecule has 0 spiro atoms. The summed E-state index contributed by atoms with van der Waals surface area (Å²) in [4.78, 5) is 0. The molecule has 0 aliphatic carbocycles. The van der Waals surface area contributed by atoms with Crippen molar-refractivity contribution >= 4 is 11.6 Å². The van der Waals surface area contributed by atoms with Crippen LogP contribution in [0.2, 0.25) is 5.02 Å². The summed E-state index contributed by atoms with van der Waals surface area (Å²) in [6.45, 7) is 5.30. The van der Waals surface area contributed by atoms with E-state index in [4.69, 9.17) is 21.1 Å². The van der Waals surface area contributed by atoms with Crippen LogP contribution in [0, 0.1) is 5.82 Å². The highest BCUT2D eigenvalue weighted by molar-refractivity contribution is 6.32. The van der Waals surface area contributed by atoms with E-state index in [1.54, 1.807) is 18.2 Å². The van der Waals surface area contributed by atoms with E-state index >= 15 is 0 Å². The lowest BCUT2D eigenvalue weighted by atomic mass is 10.0. The third-order valence-electron chi connectivity index (χ3n) is 5.03. The molecule has 3 aromatic rings. The first-order valence-corrected chi connectivity index (χ1v) is 11.1. The van der Waals surface area contributed by atoms with Gasteiger partial charge in [-0.2, -0.15) is 0 Å². The van der Waals surface area contributed by atoms with Gasteiger partial charge in [0.1, 0.15) is 12.4 Å². The quantitative estimate of drug-likeness (QED) is 0.344. The van der Waals surface area contributed by atoms with Crippen molar-refractivity contribution in [3.05, 3.63) is 94.3 Å². The van der Waals surface area contributed by atoms with Gasteiger partial charge in [0.25, 0.3) is 0 Å². The first-order valence-electron chi connectivity index (χ1n) is 10.7. The molecule has 3 aromatic carbocycles. The molecule has 0 saturated heterocycles. The van der Waals surface area contributed by atoms with E-state index in [1.165, 1.54) is 11.6 Å². The lowest BCUT2D eigenvalue weighted by Crippen LogP contribution is -2.21. The number of nitrogens with one attached hydrogen (secondary N) is 1. The fraction of sp³-hybridized carbons (Fsp3) is 0.308. The van der Waals surface area contributed by atoms with Crippen molar-refractivity contribution in [2.75, 3.05) is 6.61 Å². The van der Waals surface area contributed by atoms with Gasteiger partial charge in [0, 0.05) is 18.2 Å². The van der Waals surface area contributed by atoms with Crippen LogP contribution in [-0.2, 0) is 13.2 Å². The number of halogens is 2. The summed E-state index contributed by atoms with van der Waals surface area (Å²) in [5, 5.41) is 4.08. The van der Waals surface area contributed by atoms with Crippen LogP contribution >= 0.6 is 11.6 Å². The molecule has 31 heavy (non-hydrogen) atoms. The SMILES string of the molecule is CCCC(NCc1cc(Cl)c(OCc2ccccc2F)c(OCC)c1)c1ccccc1. The van der Waals surface area contributed by atoms with Gasteiger partial charge >= 0.3 is 0 Å². The van der Waals surface area contributed by atoms with Gasteiger partial charge in [-0.25, -0.2) is 4.39 Å². The van der Waals surface area contributed by atoms with Gasteiger partial charge < -0.3 is 14.8 Å². The second kappa shape index (κ2) is 11.7. The van der Waals surface area contributed by atoms with Crippen molar-refractivity contribution in [2.45, 2.75) is 45.9 Å². The maximum Gasteiger partial charge on any atom is 0.180 e. The predicted octanol–water partition coefficient (Wildman–Crippen LogP) is 7.09. The van der Waals surface area contributed by atoms with Crippen LogP contribution in [-0.4, -0.2) is 6.61 Å². The van der Waals surface area contributed by atoms with Gasteiger partial charge in [-0.05, 0) is 42.7 Å². The van der Waals surface area contributed by atoms with Crippen LogP contribution in [0.4, 0.5) is 4.39 Å². The molecule has 164 valence electrons. The second-order valence-electron chi connectivity index (χ2n) is 7.35. The standard InChI is InChI=1S/C26H29ClFNO2/c1-3-10-24(20-11-6-5-7-12-20)29-17-19-15-22(27)26(25(16-19)30-4-2)31-18-21-13-8-9-14-23(21)28/h5-9,11-16,24,29H,3-4,10,17-18H2,1-2H3. The molecule has 3 nitrogen and oxygen atoms in total. The van der Waals surface area contributed by atoms with Crippen LogP contribution < -0.4 is 14.8 Å². The Bertz CT molecular complexity index is 965. The van der Waals surface area contributed by atoms with Crippen LogP contribution in [0.5, 0.6) is 11.5 Å². The smallest absolute Gasteiger partial charge is 0.180 e. The van der Waals surface area contributed by atoms with Crippen molar-refractivity contribution in [2.24, 2.45) is 0 Å². The van der Waals surface area contributed by atoms with E-state index in [1.807, 2.05) is 25.1 Å². The van der Waals surface area contributed by atoms with Crippen molar-refractivity contribution < 1.29 is 13.9 Å². The maximum absolute atomic E-state index is 13.9. The van der Waals surface area contributed by atoms with Crippen molar-refractivity contribution in [3.63, 3.8) is 0 Å². The summed E-state index contributed by atoms with van der Waals surface area (Å²) < 4.78 is 25.6. The zero-order valence-corrected chi connectivity index (χ0v) is 18.8. The summed E-state index contributed by atoms with van der Waals surface area (Å²) in [6.07, 6.45) is 2.13. The Balaban J connectivity index is 1.75. The van der Waals surface area contributed by atoms with E-state index in [2.05, 4.69) is 36.5 Å². The van der Waals surface area contributed by atoms with E-state index < -0.39 is 0 Å². The largest absolute Gasteiger partial charge is 0.490 e. The Morgan fingerprint density at radius 3 is 2.42 bits per heavy atom. The molecule has 0 fully saturated rings. The lowest BCUT2D eigenvalue weighted by molar-refractivity contribution is 0.265. The maximum atomic E-state index is 13.9. The Morgan fingerprint density at radius 1 is 0.968 bits per heavy atom. The average Bonchev–Trinajstić information content (AvgIpc) is 2.78. The van der Waals surface area contributed by atoms with Crippen molar-refractivity contribution in [1.82, 2.24) is 5.32 Å². The van der Waals surface area contributed by atoms with Crippen LogP contribution in [0.3, 0.4) is 0 Å². The highest BCUT2D eigenvalue weighted by Gasteiger charge is 2.15. The minimum Gasteiger partial charge on any atom is -0.490 e. The first kappa shape index (κ1) is 23.1. The van der Waals surface area contributed by atoms with E-state index in [9.17, 15) is 4.39 Å². The van der Waals surface area contributed by atoms with Crippen molar-refractivity contribution in [3.8, 4) is 11.5 Å². The normalized spacial score (nSPS) is 11.9. The molecule has 0 amide bonds. The number of hydrogen-bond donors (Lipinski definition) is 1. The zero-order valence-electron chi connectivity index (χ0n) is 18.0. The summed E-state index contributed by atoms with van der Waals surface area (Å²) in [7, 11) is 0. The van der Waals surface area contributed by atoms with Crippen LogP contribution in [0.25, 0.3) is 0 Å². The number of hydrogen-bond acceptors (Lipinski definition) is 3. The van der Waals surface area contributed by atoms with Gasteiger partial charge in [0.05, 0.1) is 11.6 Å². The molecule has 0 aliphatic heterocycles. The third kappa shape index (κ3) is 6.46. The van der Waals surface area contributed by atoms with Gasteiger partial charge in [-0.1, -0.05) is 73.5 Å². The van der Waals surface area contributed by atoms with Gasteiger partial charge in [0.2, 0.25) is 0 Å². The minimum absolute atomic E-state index is 0.0800. The van der Waals surface area contributed by atoms with Gasteiger partial charge in [-0.3, -0.25) is 0 Å². The molecule has 3 rings (SSSR count). The number of ether oxygens (including phenoxy) is 2. The van der Waals surface area contributed by atoms with E-state index in [0.29, 0.717) is 35.2 Å². The molecule has 5 heteroatoms. The molecule has 1 atom stereocenters. The van der Waals surface area contributed by atoms with Crippen molar-refractivity contribution in [1.29, 1.82) is 0 Å². The molecule has 0 heterocycles. The Hall–Kier alpha value is -2.56. The summed E-state index contributed by atoms with van der Waals surface area (Å²) in [5.41, 5.74) is 2.74. The lowest BCUT2D eigenvalue weighted by Gasteiger charge is -2.20. The number of rotatable bonds is 11. The molecular formula is C26H29ClFNO2. The Morgan fingerprint density at radius 2 is 1.71 bits per heavy atom. The summed E-state index contributed by atoms with van der Waals surface area (Å²) in [6, 6.07) is 21.1. The summed E-state index contributed by atoms with van der Waals surface area (Å²) >= 11 is 6.54. The second-order valence-corrected chi connectivity index (χ2v) is 7.76. The highest BCUT2D eigenvalue weighted by Crippen LogP contribution is 2.37. The fourth-order valence-corrected chi connectivity index (χ4v) is 3.78. The zero-order chi connectivity index (χ0) is 22.1. The van der Waals surface area contributed by atoms with E-state index in [-0.39, 0.29) is 18.5 Å². The number of benzene rings is 3. The molecular weight excluding hydrogens is 413 g/mol. The van der Waals surface area contributed by atoms with E-state index in [0.717, 1.165) is 18.4 Å².